The van der Waals surface area contributed by atoms with Crippen molar-refractivity contribution in [2.75, 3.05) is 4.90 Å². The Morgan fingerprint density at radius 2 is 1.80 bits per heavy atom. The van der Waals surface area contributed by atoms with Crippen molar-refractivity contribution in [1.29, 1.82) is 0 Å². The molecule has 1 aromatic heterocycles. The van der Waals surface area contributed by atoms with Crippen LogP contribution in [0.4, 0.5) is 5.69 Å². The van der Waals surface area contributed by atoms with Crippen LogP contribution in [0.1, 0.15) is 49.3 Å². The summed E-state index contributed by atoms with van der Waals surface area (Å²) in [5.41, 5.74) is 0.976. The Hall–Kier alpha value is -2.77. The zero-order valence-electron chi connectivity index (χ0n) is 17.0. The fourth-order valence-corrected chi connectivity index (χ4v) is 3.46. The fourth-order valence-electron chi connectivity index (χ4n) is 2.91. The normalized spacial score (nSPS) is 12.3. The Kier molecular flexibility index (Phi) is 6.84. The molecule has 0 aliphatic carbocycles. The minimum atomic E-state index is -0.912. The summed E-state index contributed by atoms with van der Waals surface area (Å²) in [7, 11) is 0. The Labute approximate surface area is 185 Å². The maximum absolute atomic E-state index is 13.5. The monoisotopic (exact) mass is 442 g/mol. The molecule has 3 aromatic rings. The summed E-state index contributed by atoms with van der Waals surface area (Å²) in [6.07, 6.45) is 0.737. The molecule has 0 aliphatic heterocycles. The molecule has 0 bridgehead atoms. The molecule has 2 aromatic carbocycles. The second-order valence-electron chi connectivity index (χ2n) is 7.48. The molecule has 6 nitrogen and oxygen atoms in total. The zero-order chi connectivity index (χ0) is 21.7. The summed E-state index contributed by atoms with van der Waals surface area (Å²) < 4.78 is 3.81. The second-order valence-corrected chi connectivity index (χ2v) is 8.53. The third kappa shape index (κ3) is 5.04. The predicted octanol–water partition coefficient (Wildman–Crippen LogP) is 4.88. The molecule has 3 rings (SSSR count). The van der Waals surface area contributed by atoms with Gasteiger partial charge in [0.15, 0.2) is 5.69 Å². The smallest absolute Gasteiger partial charge is 0.280 e. The van der Waals surface area contributed by atoms with Gasteiger partial charge in [-0.25, -0.2) is 0 Å². The van der Waals surface area contributed by atoms with Gasteiger partial charge >= 0.3 is 0 Å². The highest BCUT2D eigenvalue weighted by Crippen LogP contribution is 2.31. The molecule has 1 N–H and O–H groups in total. The van der Waals surface area contributed by atoms with Crippen LogP contribution in [0.5, 0.6) is 0 Å². The third-order valence-corrected chi connectivity index (χ3v) is 5.63. The van der Waals surface area contributed by atoms with Gasteiger partial charge in [0.05, 0.1) is 0 Å². The van der Waals surface area contributed by atoms with Gasteiger partial charge in [0.2, 0.25) is 5.91 Å². The Morgan fingerprint density at radius 1 is 1.13 bits per heavy atom. The lowest BCUT2D eigenvalue weighted by molar-refractivity contribution is -0.124. The average molecular weight is 443 g/mol. The number of amides is 2. The highest BCUT2D eigenvalue weighted by molar-refractivity contribution is 7.03. The molecule has 1 atom stereocenters. The van der Waals surface area contributed by atoms with Gasteiger partial charge in [0.25, 0.3) is 5.91 Å². The molecular weight excluding hydrogens is 420 g/mol. The first kappa shape index (κ1) is 21.9. The predicted molar refractivity (Wildman–Crippen MR) is 120 cm³/mol. The number of rotatable bonds is 7. The lowest BCUT2D eigenvalue weighted by atomic mass is 9.98. The Balaban J connectivity index is 2.14. The first-order valence-electron chi connectivity index (χ1n) is 9.55. The molecule has 8 heteroatoms. The molecule has 0 aliphatic rings. The fraction of sp³-hybridized carbons (Fsp3) is 0.273. The van der Waals surface area contributed by atoms with E-state index < -0.39 is 17.5 Å². The van der Waals surface area contributed by atoms with Crippen LogP contribution in [-0.2, 0) is 4.79 Å². The van der Waals surface area contributed by atoms with Crippen molar-refractivity contribution in [3.05, 3.63) is 76.3 Å². The van der Waals surface area contributed by atoms with Crippen LogP contribution in [0.15, 0.2) is 60.0 Å². The van der Waals surface area contributed by atoms with Gasteiger partial charge in [-0.3, -0.25) is 14.5 Å². The number of carbonyl (C=O) groups excluding carboxylic acids is 2. The molecule has 0 saturated carbocycles. The van der Waals surface area contributed by atoms with Crippen molar-refractivity contribution in [1.82, 2.24) is 14.9 Å². The lowest BCUT2D eigenvalue weighted by Crippen LogP contribution is -2.50. The largest absolute Gasteiger partial charge is 0.349 e. The van der Waals surface area contributed by atoms with Crippen LogP contribution < -0.4 is 10.2 Å². The number of nitrogens with zero attached hydrogens (tertiary/aromatic N) is 3. The second kappa shape index (κ2) is 9.36. The summed E-state index contributed by atoms with van der Waals surface area (Å²) in [6, 6.07) is 15.1. The van der Waals surface area contributed by atoms with Crippen LogP contribution >= 0.6 is 23.1 Å². The van der Waals surface area contributed by atoms with Crippen molar-refractivity contribution in [3.63, 3.8) is 0 Å². The highest BCUT2D eigenvalue weighted by Gasteiger charge is 2.36. The number of carbonyl (C=O) groups is 2. The van der Waals surface area contributed by atoms with Crippen LogP contribution in [0.25, 0.3) is 0 Å². The van der Waals surface area contributed by atoms with E-state index in [1.165, 1.54) is 4.90 Å². The first-order valence-corrected chi connectivity index (χ1v) is 10.8. The molecule has 1 heterocycles. The van der Waals surface area contributed by atoms with Crippen molar-refractivity contribution in [3.8, 4) is 0 Å². The van der Waals surface area contributed by atoms with Gasteiger partial charge in [-0.2, -0.15) is 0 Å². The molecule has 0 spiro atoms. The Bertz CT molecular complexity index is 992. The number of halogens is 1. The van der Waals surface area contributed by atoms with E-state index in [0.717, 1.165) is 18.0 Å². The van der Waals surface area contributed by atoms with E-state index in [0.29, 0.717) is 16.3 Å². The highest BCUT2D eigenvalue weighted by atomic mass is 35.5. The molecular formula is C22H23ClN4O2S. The minimum absolute atomic E-state index is 0.186. The molecule has 30 heavy (non-hydrogen) atoms. The maximum Gasteiger partial charge on any atom is 0.280 e. The van der Waals surface area contributed by atoms with Gasteiger partial charge < -0.3 is 5.32 Å². The van der Waals surface area contributed by atoms with Gasteiger partial charge in [-0.15, -0.1) is 5.10 Å². The van der Waals surface area contributed by atoms with Crippen molar-refractivity contribution < 1.29 is 9.59 Å². The zero-order valence-corrected chi connectivity index (χ0v) is 18.6. The van der Waals surface area contributed by atoms with Crippen LogP contribution in [0.3, 0.4) is 0 Å². The number of para-hydroxylation sites is 1. The minimum Gasteiger partial charge on any atom is -0.349 e. The van der Waals surface area contributed by atoms with E-state index in [-0.39, 0.29) is 11.6 Å². The average Bonchev–Trinajstić information content (AvgIpc) is 3.27. The Morgan fingerprint density at radius 3 is 2.37 bits per heavy atom. The van der Waals surface area contributed by atoms with E-state index in [1.54, 1.807) is 41.8 Å². The molecule has 2 amide bonds. The van der Waals surface area contributed by atoms with Gasteiger partial charge in [-0.1, -0.05) is 53.3 Å². The van der Waals surface area contributed by atoms with Gasteiger partial charge in [0.1, 0.15) is 6.04 Å². The standard InChI is InChI=1S/C22H23ClN4O2S/c1-4-22(2,3)24-20(28)19(15-10-12-16(23)13-11-15)27(17-8-6-5-7-9-17)21(29)18-14-30-26-25-18/h5-14,19H,4H2,1-3H3,(H,24,28)/t19-/m0/s1. The summed E-state index contributed by atoms with van der Waals surface area (Å²) in [5, 5.41) is 9.12. The summed E-state index contributed by atoms with van der Waals surface area (Å²) >= 11 is 7.15. The lowest BCUT2D eigenvalue weighted by Gasteiger charge is -2.34. The SMILES string of the molecule is CCC(C)(C)NC(=O)[C@H](c1ccc(Cl)cc1)N(C(=O)c1csnn1)c1ccccc1. The quantitative estimate of drug-likeness (QED) is 0.565. The molecule has 0 unspecified atom stereocenters. The number of aromatic nitrogens is 2. The first-order chi connectivity index (χ1) is 14.3. The summed E-state index contributed by atoms with van der Waals surface area (Å²) in [5.74, 6) is -0.691. The number of hydrogen-bond acceptors (Lipinski definition) is 5. The topological polar surface area (TPSA) is 75.2 Å². The molecule has 0 saturated heterocycles. The third-order valence-electron chi connectivity index (χ3n) is 4.87. The van der Waals surface area contributed by atoms with E-state index in [9.17, 15) is 9.59 Å². The molecule has 156 valence electrons. The van der Waals surface area contributed by atoms with Crippen LogP contribution in [-0.4, -0.2) is 26.9 Å². The van der Waals surface area contributed by atoms with Crippen molar-refractivity contribution in [2.24, 2.45) is 0 Å². The number of hydrogen-bond donors (Lipinski definition) is 1. The van der Waals surface area contributed by atoms with Crippen LogP contribution in [0.2, 0.25) is 5.02 Å². The molecule has 0 fully saturated rings. The maximum atomic E-state index is 13.5. The van der Waals surface area contributed by atoms with Gasteiger partial charge in [-0.05, 0) is 61.6 Å². The van der Waals surface area contributed by atoms with Gasteiger partial charge in [0, 0.05) is 21.6 Å². The van der Waals surface area contributed by atoms with E-state index in [2.05, 4.69) is 14.9 Å². The summed E-state index contributed by atoms with van der Waals surface area (Å²) in [6.45, 7) is 5.89. The van der Waals surface area contributed by atoms with Crippen LogP contribution in [0, 0.1) is 0 Å². The van der Waals surface area contributed by atoms with Crippen molar-refractivity contribution >= 4 is 40.6 Å². The number of anilines is 1. The molecule has 0 radical (unpaired) electrons. The summed E-state index contributed by atoms with van der Waals surface area (Å²) in [4.78, 5) is 28.4. The van der Waals surface area contributed by atoms with E-state index in [1.807, 2.05) is 39.0 Å². The van der Waals surface area contributed by atoms with Crippen molar-refractivity contribution in [2.45, 2.75) is 38.8 Å². The van der Waals surface area contributed by atoms with E-state index >= 15 is 0 Å². The number of nitrogens with one attached hydrogen (secondary N) is 1. The van der Waals surface area contributed by atoms with E-state index in [4.69, 9.17) is 11.6 Å². The number of benzene rings is 2.